The Kier molecular flexibility index (Phi) is 4.20. The van der Waals surface area contributed by atoms with Crippen molar-refractivity contribution in [3.8, 4) is 11.5 Å². The Morgan fingerprint density at radius 3 is 2.58 bits per heavy atom. The van der Waals surface area contributed by atoms with Crippen LogP contribution in [0.25, 0.3) is 6.08 Å². The zero-order valence-electron chi connectivity index (χ0n) is 14.8. The number of methoxy groups -OCH3 is 1. The summed E-state index contributed by atoms with van der Waals surface area (Å²) in [5.74, 6) is 1.62. The van der Waals surface area contributed by atoms with Gasteiger partial charge in [0, 0.05) is 37.6 Å². The molecule has 1 saturated heterocycles. The summed E-state index contributed by atoms with van der Waals surface area (Å²) < 4.78 is 17.0. The number of likely N-dealkylation sites (tertiary alicyclic amines) is 1. The van der Waals surface area contributed by atoms with Gasteiger partial charge in [-0.05, 0) is 39.0 Å². The van der Waals surface area contributed by atoms with Crippen LogP contribution in [0.2, 0.25) is 0 Å². The first kappa shape index (κ1) is 16.7. The molecule has 24 heavy (non-hydrogen) atoms. The monoisotopic (exact) mass is 331 g/mol. The molecule has 2 aliphatic rings. The highest BCUT2D eigenvalue weighted by molar-refractivity contribution is 5.68. The standard InChI is InChI=1S/C19H25NO4/c1-18(2,3)24-17(21)20-11-9-19(10-12-20)8-7-14-5-6-15(22-4)13-16(14)23-19/h5-8,13H,9-12H2,1-4H3. The first-order chi connectivity index (χ1) is 11.3. The first-order valence-electron chi connectivity index (χ1n) is 8.34. The van der Waals surface area contributed by atoms with Crippen molar-refractivity contribution >= 4 is 12.2 Å². The number of ether oxygens (including phenoxy) is 3. The van der Waals surface area contributed by atoms with Crippen LogP contribution < -0.4 is 9.47 Å². The van der Waals surface area contributed by atoms with E-state index in [1.54, 1.807) is 12.0 Å². The van der Waals surface area contributed by atoms with E-state index in [4.69, 9.17) is 14.2 Å². The summed E-state index contributed by atoms with van der Waals surface area (Å²) in [6.45, 7) is 6.89. The highest BCUT2D eigenvalue weighted by atomic mass is 16.6. The van der Waals surface area contributed by atoms with Crippen LogP contribution >= 0.6 is 0 Å². The predicted octanol–water partition coefficient (Wildman–Crippen LogP) is 3.87. The van der Waals surface area contributed by atoms with E-state index in [2.05, 4.69) is 12.2 Å². The molecule has 0 atom stereocenters. The van der Waals surface area contributed by atoms with Crippen LogP contribution in [0.3, 0.4) is 0 Å². The zero-order valence-corrected chi connectivity index (χ0v) is 14.8. The van der Waals surface area contributed by atoms with Crippen LogP contribution in [-0.4, -0.2) is 42.4 Å². The van der Waals surface area contributed by atoms with Crippen LogP contribution in [0, 0.1) is 0 Å². The lowest BCUT2D eigenvalue weighted by atomic mass is 9.88. The molecule has 1 fully saturated rings. The molecule has 5 heteroatoms. The molecule has 130 valence electrons. The summed E-state index contributed by atoms with van der Waals surface area (Å²) in [6, 6.07) is 5.84. The second kappa shape index (κ2) is 6.04. The molecule has 0 bridgehead atoms. The van der Waals surface area contributed by atoms with Crippen molar-refractivity contribution in [1.29, 1.82) is 0 Å². The molecule has 1 amide bonds. The molecule has 0 radical (unpaired) electrons. The number of fused-ring (bicyclic) bond motifs is 1. The molecule has 1 aromatic rings. The number of carbonyl (C=O) groups is 1. The van der Waals surface area contributed by atoms with Crippen molar-refractivity contribution in [1.82, 2.24) is 4.90 Å². The molecular weight excluding hydrogens is 306 g/mol. The third-order valence-electron chi connectivity index (χ3n) is 4.36. The molecular formula is C19H25NO4. The van der Waals surface area contributed by atoms with E-state index in [9.17, 15) is 4.79 Å². The van der Waals surface area contributed by atoms with Crippen molar-refractivity contribution in [2.75, 3.05) is 20.2 Å². The lowest BCUT2D eigenvalue weighted by Crippen LogP contribution is -2.50. The van der Waals surface area contributed by atoms with Crippen LogP contribution in [0.1, 0.15) is 39.2 Å². The predicted molar refractivity (Wildman–Crippen MR) is 92.4 cm³/mol. The van der Waals surface area contributed by atoms with Crippen molar-refractivity contribution in [2.45, 2.75) is 44.8 Å². The van der Waals surface area contributed by atoms with Gasteiger partial charge in [0.1, 0.15) is 22.7 Å². The van der Waals surface area contributed by atoms with E-state index in [1.165, 1.54) is 0 Å². The lowest BCUT2D eigenvalue weighted by Gasteiger charge is -2.42. The van der Waals surface area contributed by atoms with Crippen LogP contribution in [0.15, 0.2) is 24.3 Å². The minimum Gasteiger partial charge on any atom is -0.497 e. The molecule has 2 aliphatic heterocycles. The van der Waals surface area contributed by atoms with Gasteiger partial charge in [0.05, 0.1) is 7.11 Å². The Hall–Kier alpha value is -2.17. The number of amides is 1. The van der Waals surface area contributed by atoms with Gasteiger partial charge in [0.15, 0.2) is 0 Å². The molecule has 0 N–H and O–H groups in total. The van der Waals surface area contributed by atoms with E-state index >= 15 is 0 Å². The maximum absolute atomic E-state index is 12.2. The molecule has 0 aromatic heterocycles. The number of piperidine rings is 1. The topological polar surface area (TPSA) is 48.0 Å². The minimum absolute atomic E-state index is 0.251. The van der Waals surface area contributed by atoms with Gasteiger partial charge in [-0.3, -0.25) is 0 Å². The van der Waals surface area contributed by atoms with E-state index in [0.717, 1.165) is 29.9 Å². The average Bonchev–Trinajstić information content (AvgIpc) is 2.53. The lowest BCUT2D eigenvalue weighted by molar-refractivity contribution is -0.00104. The van der Waals surface area contributed by atoms with Gasteiger partial charge in [-0.15, -0.1) is 0 Å². The normalized spacial score (nSPS) is 18.8. The number of rotatable bonds is 1. The van der Waals surface area contributed by atoms with E-state index < -0.39 is 5.60 Å². The molecule has 2 heterocycles. The molecule has 1 aromatic carbocycles. The molecule has 5 nitrogen and oxygen atoms in total. The van der Waals surface area contributed by atoms with E-state index in [1.807, 2.05) is 39.0 Å². The molecule has 1 spiro atoms. The second-order valence-electron chi connectivity index (χ2n) is 7.37. The largest absolute Gasteiger partial charge is 0.497 e. The quantitative estimate of drug-likeness (QED) is 0.784. The Labute approximate surface area is 143 Å². The summed E-state index contributed by atoms with van der Waals surface area (Å²) in [4.78, 5) is 14.0. The number of nitrogens with zero attached hydrogens (tertiary/aromatic N) is 1. The van der Waals surface area contributed by atoms with E-state index in [-0.39, 0.29) is 11.7 Å². The maximum atomic E-state index is 12.2. The Bertz CT molecular complexity index is 652. The summed E-state index contributed by atoms with van der Waals surface area (Å²) >= 11 is 0. The maximum Gasteiger partial charge on any atom is 0.410 e. The van der Waals surface area contributed by atoms with Crippen molar-refractivity contribution in [3.05, 3.63) is 29.8 Å². The summed E-state index contributed by atoms with van der Waals surface area (Å²) in [5, 5.41) is 0. The smallest absolute Gasteiger partial charge is 0.410 e. The van der Waals surface area contributed by atoms with Crippen molar-refractivity contribution in [3.63, 3.8) is 0 Å². The van der Waals surface area contributed by atoms with E-state index in [0.29, 0.717) is 13.1 Å². The number of hydrogen-bond donors (Lipinski definition) is 0. The highest BCUT2D eigenvalue weighted by Gasteiger charge is 2.39. The number of benzene rings is 1. The van der Waals surface area contributed by atoms with Crippen LogP contribution in [0.4, 0.5) is 4.79 Å². The Balaban J connectivity index is 1.67. The van der Waals surface area contributed by atoms with Gasteiger partial charge in [-0.2, -0.15) is 0 Å². The molecule has 3 rings (SSSR count). The molecule has 0 saturated carbocycles. The van der Waals surface area contributed by atoms with Crippen LogP contribution in [0.5, 0.6) is 11.5 Å². The third kappa shape index (κ3) is 3.50. The minimum atomic E-state index is -0.469. The van der Waals surface area contributed by atoms with Gasteiger partial charge < -0.3 is 19.1 Å². The summed E-state index contributed by atoms with van der Waals surface area (Å²) in [5.41, 5.74) is 0.233. The van der Waals surface area contributed by atoms with Gasteiger partial charge in [0.25, 0.3) is 0 Å². The Morgan fingerprint density at radius 1 is 1.25 bits per heavy atom. The third-order valence-corrected chi connectivity index (χ3v) is 4.36. The highest BCUT2D eigenvalue weighted by Crippen LogP contribution is 2.38. The fourth-order valence-corrected chi connectivity index (χ4v) is 3.03. The Morgan fingerprint density at radius 2 is 1.96 bits per heavy atom. The first-order valence-corrected chi connectivity index (χ1v) is 8.34. The van der Waals surface area contributed by atoms with Gasteiger partial charge in [-0.25, -0.2) is 4.79 Å². The van der Waals surface area contributed by atoms with Crippen molar-refractivity contribution in [2.24, 2.45) is 0 Å². The van der Waals surface area contributed by atoms with Crippen LogP contribution in [-0.2, 0) is 4.74 Å². The van der Waals surface area contributed by atoms with Gasteiger partial charge in [0.2, 0.25) is 0 Å². The summed E-state index contributed by atoms with van der Waals surface area (Å²) in [6.07, 6.45) is 5.47. The fourth-order valence-electron chi connectivity index (χ4n) is 3.03. The van der Waals surface area contributed by atoms with Crippen molar-refractivity contribution < 1.29 is 19.0 Å². The molecule has 0 aliphatic carbocycles. The summed E-state index contributed by atoms with van der Waals surface area (Å²) in [7, 11) is 1.65. The number of hydrogen-bond acceptors (Lipinski definition) is 4. The van der Waals surface area contributed by atoms with Gasteiger partial charge >= 0.3 is 6.09 Å². The average molecular weight is 331 g/mol. The molecule has 0 unspecified atom stereocenters. The van der Waals surface area contributed by atoms with Gasteiger partial charge in [-0.1, -0.05) is 6.08 Å². The second-order valence-corrected chi connectivity index (χ2v) is 7.37. The fraction of sp³-hybridized carbons (Fsp3) is 0.526. The zero-order chi connectivity index (χ0) is 17.4. The SMILES string of the molecule is COc1ccc2c(c1)OC1(C=C2)CCN(C(=O)OC(C)(C)C)CC1. The number of carbonyl (C=O) groups excluding carboxylic acids is 1.